The number of hydrogen-bond donors (Lipinski definition) is 5. The number of aromatic nitrogens is 1. The molecule has 6 amide bonds. The number of nitrogens with zero attached hydrogens (tertiary/aromatic N) is 7. The van der Waals surface area contributed by atoms with Crippen LogP contribution in [0.1, 0.15) is 175 Å². The van der Waals surface area contributed by atoms with Crippen LogP contribution in [0, 0.1) is 27.1 Å². The number of fused-ring (bicyclic) bond motifs is 2. The van der Waals surface area contributed by atoms with Gasteiger partial charge in [0.25, 0.3) is 5.19 Å². The van der Waals surface area contributed by atoms with Crippen LogP contribution in [0.2, 0.25) is 0 Å². The number of para-hydroxylation sites is 1. The highest BCUT2D eigenvalue weighted by molar-refractivity contribution is 7.11. The summed E-state index contributed by atoms with van der Waals surface area (Å²) in [6.45, 7) is 26.1. The molecule has 3 aliphatic carbocycles. The number of carbonyl (C=O) groups excluding carboxylic acids is 5. The number of aliphatic hydroxyl groups is 5. The van der Waals surface area contributed by atoms with E-state index in [0.29, 0.717) is 149 Å². The number of likely N-dealkylation sites (tertiary alicyclic amines) is 5. The maximum atomic E-state index is 13.2. The average molecular weight is 2060 g/mol. The van der Waals surface area contributed by atoms with Gasteiger partial charge in [0.1, 0.15) is 18.0 Å². The van der Waals surface area contributed by atoms with Gasteiger partial charge < -0.3 is 126 Å². The molecule has 1 aromatic heterocycles. The van der Waals surface area contributed by atoms with Crippen LogP contribution in [0.15, 0.2) is 181 Å². The smallest absolute Gasteiger partial charge is 0.409 e. The van der Waals surface area contributed by atoms with Crippen molar-refractivity contribution in [1.29, 1.82) is 0 Å². The van der Waals surface area contributed by atoms with Gasteiger partial charge in [0.15, 0.2) is 57.5 Å². The number of ether oxygens (including phenoxy) is 15. The Bertz CT molecular complexity index is 5760. The van der Waals surface area contributed by atoms with Crippen LogP contribution in [0.4, 0.5) is 24.0 Å². The fourth-order valence-corrected chi connectivity index (χ4v) is 23.0. The van der Waals surface area contributed by atoms with Crippen LogP contribution < -0.4 is 47.4 Å². The van der Waals surface area contributed by atoms with Crippen LogP contribution in [-0.4, -0.2) is 295 Å². The molecule has 6 saturated heterocycles. The van der Waals surface area contributed by atoms with Gasteiger partial charge in [0.05, 0.1) is 114 Å². The average Bonchev–Trinajstić information content (AvgIpc) is 1.63. The topological polar surface area (TPSA) is 357 Å². The van der Waals surface area contributed by atoms with Gasteiger partial charge in [-0.15, -0.1) is 0 Å². The van der Waals surface area contributed by atoms with Crippen LogP contribution in [-0.2, 0) is 49.4 Å². The first kappa shape index (κ1) is 111. The fourth-order valence-electron chi connectivity index (χ4n) is 22.5. The standard InChI is InChI=1S/2C25H31NO5.C24H36N2O5.C22H27NO5.C19H24N2O5S/c2*1-16(27)25(2)15-26(24(28)30-4)14-21(25)19-9-10-22(29-3)23(13-19)31-20-11-17-7-5-6-8-18(17)12-20;1-17(27)24(2)16-26(23(28)25-10-12-30-13-11-25)15-20(24)18-8-9-21(29-3)22(14-18)31-19-6-4-5-7-19;1-15(24)22(2)14-23(21(25)27-4)13-18(22)16-10-11-19(26-3)20(12-16)28-17-8-6-5-7-9-17;1-12(22)19(2)11-21(18(23)25-4)10-14(19)13-5-6-15(24-3)16(9-13)26-17-20-7-8-27-17/h2*5-10,13,16,20-21,27H,11-12,14-15H2,1-4H3;8-9,14,17,19-20,27H,4-7,10-13,15-16H2,1-3H3;5-12,15,18,24H,13-14H2,1-4H3;5-9,12,14,22H,10-11H2,1-4H3/t16-,21+,25+;16-,21-,25-;17-,20+,24+;15-,18-,22-;12-,14-,19-/m10100/s1. The normalized spacial score (nSPS) is 24.4. The highest BCUT2D eigenvalue weighted by Gasteiger charge is 2.55. The molecule has 7 heterocycles. The summed E-state index contributed by atoms with van der Waals surface area (Å²) in [6, 6.07) is 55.7. The van der Waals surface area contributed by atoms with Crippen molar-refractivity contribution in [3.8, 4) is 68.4 Å². The molecule has 9 aliphatic rings. The lowest BCUT2D eigenvalue weighted by Crippen LogP contribution is -2.48. The van der Waals surface area contributed by atoms with Crippen molar-refractivity contribution in [2.24, 2.45) is 27.1 Å². The molecule has 33 heteroatoms. The number of urea groups is 1. The zero-order valence-electron chi connectivity index (χ0n) is 88.8. The number of methoxy groups -OCH3 is 9. The summed E-state index contributed by atoms with van der Waals surface area (Å²) in [5, 5.41) is 55.2. The van der Waals surface area contributed by atoms with Gasteiger partial charge in [0.2, 0.25) is 0 Å². The first-order valence-corrected chi connectivity index (χ1v) is 52.0. The Morgan fingerprint density at radius 2 is 0.622 bits per heavy atom. The summed E-state index contributed by atoms with van der Waals surface area (Å²) in [7, 11) is 13.6. The molecule has 5 N–H and O–H groups in total. The first-order chi connectivity index (χ1) is 70.9. The molecular formula is C115H149N7O25S. The Kier molecular flexibility index (Phi) is 36.7. The molecule has 0 bridgehead atoms. The minimum Gasteiger partial charge on any atom is -0.493 e. The Labute approximate surface area is 873 Å². The molecule has 1 saturated carbocycles. The number of morpholine rings is 1. The third kappa shape index (κ3) is 24.8. The highest BCUT2D eigenvalue weighted by atomic mass is 32.1. The number of rotatable bonds is 25. The lowest BCUT2D eigenvalue weighted by atomic mass is 9.72. The van der Waals surface area contributed by atoms with Gasteiger partial charge in [-0.1, -0.05) is 143 Å². The Morgan fingerprint density at radius 3 is 0.912 bits per heavy atom. The fraction of sp³-hybridized carbons (Fsp3) is 0.513. The van der Waals surface area contributed by atoms with Crippen molar-refractivity contribution in [1.82, 2.24) is 34.4 Å². The van der Waals surface area contributed by atoms with Crippen molar-refractivity contribution >= 4 is 41.7 Å². The number of carbonyl (C=O) groups is 5. The molecule has 0 unspecified atom stereocenters. The highest BCUT2D eigenvalue weighted by Crippen LogP contribution is 2.55. The number of hydrogen-bond acceptors (Lipinski definition) is 27. The van der Waals surface area contributed by atoms with E-state index < -0.39 is 63.7 Å². The molecule has 800 valence electrons. The van der Waals surface area contributed by atoms with Crippen LogP contribution >= 0.6 is 11.3 Å². The summed E-state index contributed by atoms with van der Waals surface area (Å²) in [5.74, 6) is 7.06. The number of thiazole rings is 1. The van der Waals surface area contributed by atoms with E-state index in [4.69, 9.17) is 71.1 Å². The van der Waals surface area contributed by atoms with E-state index in [1.807, 2.05) is 165 Å². The maximum absolute atomic E-state index is 13.2. The predicted octanol–water partition coefficient (Wildman–Crippen LogP) is 18.4. The van der Waals surface area contributed by atoms with Gasteiger partial charge in [-0.3, -0.25) is 0 Å². The summed E-state index contributed by atoms with van der Waals surface area (Å²) in [6.07, 6.45) is 5.57. The third-order valence-electron chi connectivity index (χ3n) is 32.4. The molecule has 7 fully saturated rings. The van der Waals surface area contributed by atoms with E-state index in [0.717, 1.165) is 77.8 Å². The molecule has 6 aliphatic heterocycles. The molecule has 148 heavy (non-hydrogen) atoms. The van der Waals surface area contributed by atoms with Gasteiger partial charge in [0, 0.05) is 172 Å². The molecule has 15 atom stereocenters. The molecule has 9 aromatic rings. The monoisotopic (exact) mass is 2060 g/mol. The molecule has 32 nitrogen and oxygen atoms in total. The number of benzene rings is 8. The molecule has 0 radical (unpaired) electrons. The molecule has 18 rings (SSSR count). The minimum atomic E-state index is -0.609. The maximum Gasteiger partial charge on any atom is 0.409 e. The van der Waals surface area contributed by atoms with E-state index in [1.54, 1.807) is 89.0 Å². The van der Waals surface area contributed by atoms with E-state index in [-0.39, 0.29) is 72.2 Å². The Hall–Kier alpha value is -12.5. The zero-order valence-corrected chi connectivity index (χ0v) is 89.6. The molecule has 0 spiro atoms. The summed E-state index contributed by atoms with van der Waals surface area (Å²) >= 11 is 1.39. The lowest BCUT2D eigenvalue weighted by molar-refractivity contribution is 0.0361. The van der Waals surface area contributed by atoms with Crippen LogP contribution in [0.25, 0.3) is 0 Å². The van der Waals surface area contributed by atoms with Gasteiger partial charge >= 0.3 is 30.4 Å². The first-order valence-electron chi connectivity index (χ1n) is 51.1. The number of aliphatic hydroxyl groups excluding tert-OH is 5. The quantitative estimate of drug-likeness (QED) is 0.0332. The number of amides is 6. The third-order valence-corrected chi connectivity index (χ3v) is 33.1. The van der Waals surface area contributed by atoms with Gasteiger partial charge in [-0.2, -0.15) is 0 Å². The van der Waals surface area contributed by atoms with Crippen molar-refractivity contribution in [2.45, 2.75) is 199 Å². The SMILES string of the molecule is COC(=O)N1C[C@@H](c2ccc(OC)c(OC3Cc4ccccc4C3)c2)[C@](C)([C@@H](C)O)C1.COC(=O)N1C[C@@H](c2ccc(OC)c(OC3Cc4ccccc4C3)c2)[C@](C)([C@H](C)O)C1.COC(=O)N1C[C@@H](c2ccc(OC)c(Oc3ccccc3)c2)[C@](C)([C@H](C)O)C1.COC(=O)N1C[C@@H](c2ccc(OC)c(Oc3nccs3)c2)[C@](C)([C@H](C)O)C1.COc1ccc([C@@H]2CN(C(=O)N3CCOCC3)C[C@@]2(C)[C@@H](C)O)cc1OC1CCCC1. The second-order valence-electron chi connectivity index (χ2n) is 41.6. The second-order valence-corrected chi connectivity index (χ2v) is 42.4. The van der Waals surface area contributed by atoms with E-state index >= 15 is 0 Å². The molecule has 8 aromatic carbocycles. The lowest BCUT2D eigenvalue weighted by Gasteiger charge is -2.34. The summed E-state index contributed by atoms with van der Waals surface area (Å²) in [5.41, 5.74) is 7.89. The Morgan fingerprint density at radius 1 is 0.345 bits per heavy atom. The van der Waals surface area contributed by atoms with E-state index in [1.165, 1.54) is 74.9 Å². The predicted molar refractivity (Wildman–Crippen MR) is 561 cm³/mol. The van der Waals surface area contributed by atoms with Crippen LogP contribution in [0.3, 0.4) is 0 Å². The molecular weight excluding hydrogens is 1910 g/mol. The van der Waals surface area contributed by atoms with E-state index in [2.05, 4.69) is 66.5 Å². The van der Waals surface area contributed by atoms with Crippen LogP contribution in [0.5, 0.6) is 68.4 Å². The second kappa shape index (κ2) is 48.9. The summed E-state index contributed by atoms with van der Waals surface area (Å²) < 4.78 is 83.6. The van der Waals surface area contributed by atoms with Crippen molar-refractivity contribution < 1.29 is 121 Å². The zero-order chi connectivity index (χ0) is 106. The largest absolute Gasteiger partial charge is 0.493 e. The van der Waals surface area contributed by atoms with Gasteiger partial charge in [-0.25, -0.2) is 29.0 Å². The Balaban J connectivity index is 0.000000146. The van der Waals surface area contributed by atoms with Gasteiger partial charge in [-0.05, 0) is 183 Å². The van der Waals surface area contributed by atoms with E-state index in [9.17, 15) is 49.5 Å². The summed E-state index contributed by atoms with van der Waals surface area (Å²) in [4.78, 5) is 76.2. The minimum absolute atomic E-state index is 0.00863. The van der Waals surface area contributed by atoms with Crippen molar-refractivity contribution in [2.75, 3.05) is 156 Å². The van der Waals surface area contributed by atoms with Crippen molar-refractivity contribution in [3.63, 3.8) is 0 Å². The van der Waals surface area contributed by atoms with Crippen molar-refractivity contribution in [3.05, 3.63) is 232 Å².